The highest BCUT2D eigenvalue weighted by Gasteiger charge is 2.11. The minimum atomic E-state index is -0.468. The maximum absolute atomic E-state index is 13.6. The Bertz CT molecular complexity index is 584. The largest absolute Gasteiger partial charge is 0.310 e. The van der Waals surface area contributed by atoms with Gasteiger partial charge < -0.3 is 5.32 Å². The number of benzene rings is 2. The highest BCUT2D eigenvalue weighted by atomic mass is 19.1. The Morgan fingerprint density at radius 1 is 1.00 bits per heavy atom. The fourth-order valence-corrected chi connectivity index (χ4v) is 2.08. The van der Waals surface area contributed by atoms with Crippen LogP contribution >= 0.6 is 0 Å². The van der Waals surface area contributed by atoms with E-state index in [4.69, 9.17) is 0 Å². The lowest BCUT2D eigenvalue weighted by Crippen LogP contribution is -2.22. The Balaban J connectivity index is 1.94. The van der Waals surface area contributed by atoms with Crippen molar-refractivity contribution in [2.24, 2.45) is 0 Å². The van der Waals surface area contributed by atoms with Gasteiger partial charge in [-0.05, 0) is 49.7 Å². The molecule has 2 aromatic carbocycles. The molecule has 0 saturated carbocycles. The summed E-state index contributed by atoms with van der Waals surface area (Å²) < 4.78 is 40.1. The molecule has 0 saturated heterocycles. The molecule has 0 amide bonds. The molecule has 0 spiro atoms. The molecule has 20 heavy (non-hydrogen) atoms. The minimum absolute atomic E-state index is 0.251. The van der Waals surface area contributed by atoms with E-state index in [9.17, 15) is 13.2 Å². The molecule has 1 atom stereocenters. The van der Waals surface area contributed by atoms with Crippen molar-refractivity contribution in [3.63, 3.8) is 0 Å². The van der Waals surface area contributed by atoms with Crippen LogP contribution < -0.4 is 5.32 Å². The first-order chi connectivity index (χ1) is 9.58. The van der Waals surface area contributed by atoms with Gasteiger partial charge in [0.25, 0.3) is 0 Å². The van der Waals surface area contributed by atoms with Crippen LogP contribution in [0.3, 0.4) is 0 Å². The zero-order chi connectivity index (χ0) is 14.5. The minimum Gasteiger partial charge on any atom is -0.310 e. The van der Waals surface area contributed by atoms with E-state index in [-0.39, 0.29) is 17.4 Å². The molecule has 0 fully saturated rings. The summed E-state index contributed by atoms with van der Waals surface area (Å²) >= 11 is 0. The number of halogens is 3. The predicted octanol–water partition coefficient (Wildman–Crippen LogP) is 4.00. The van der Waals surface area contributed by atoms with Gasteiger partial charge in [-0.1, -0.05) is 18.2 Å². The number of hydrogen-bond acceptors (Lipinski definition) is 1. The lowest BCUT2D eigenvalue weighted by atomic mass is 10.1. The first-order valence-electron chi connectivity index (χ1n) is 6.49. The number of rotatable bonds is 5. The van der Waals surface area contributed by atoms with Crippen LogP contribution in [0, 0.1) is 17.5 Å². The first kappa shape index (κ1) is 14.6. The van der Waals surface area contributed by atoms with Gasteiger partial charge in [-0.2, -0.15) is 0 Å². The zero-order valence-electron chi connectivity index (χ0n) is 11.2. The summed E-state index contributed by atoms with van der Waals surface area (Å²) in [6.07, 6.45) is 0.494. The van der Waals surface area contributed by atoms with Crippen LogP contribution in [0.4, 0.5) is 13.2 Å². The normalized spacial score (nSPS) is 12.4. The molecule has 0 aliphatic carbocycles. The fourth-order valence-electron chi connectivity index (χ4n) is 2.08. The maximum Gasteiger partial charge on any atom is 0.128 e. The second-order valence-electron chi connectivity index (χ2n) is 4.68. The molecule has 0 aliphatic heterocycles. The third-order valence-corrected chi connectivity index (χ3v) is 3.23. The summed E-state index contributed by atoms with van der Waals surface area (Å²) in [7, 11) is 0. The van der Waals surface area contributed by atoms with Crippen LogP contribution in [0.2, 0.25) is 0 Å². The summed E-state index contributed by atoms with van der Waals surface area (Å²) in [6.45, 7) is 2.23. The van der Waals surface area contributed by atoms with Crippen molar-refractivity contribution >= 4 is 0 Å². The van der Waals surface area contributed by atoms with E-state index in [1.165, 1.54) is 12.1 Å². The SMILES string of the molecule is CC(NCCc1ccccc1F)c1cc(F)ccc1F. The molecule has 1 unspecified atom stereocenters. The van der Waals surface area contributed by atoms with Crippen LogP contribution in [-0.4, -0.2) is 6.54 Å². The van der Waals surface area contributed by atoms with Crippen LogP contribution in [-0.2, 0) is 6.42 Å². The quantitative estimate of drug-likeness (QED) is 0.872. The van der Waals surface area contributed by atoms with E-state index in [0.717, 1.165) is 12.1 Å². The summed E-state index contributed by atoms with van der Waals surface area (Å²) in [5.74, 6) is -1.17. The lowest BCUT2D eigenvalue weighted by molar-refractivity contribution is 0.516. The third kappa shape index (κ3) is 3.61. The van der Waals surface area contributed by atoms with Crippen molar-refractivity contribution in [2.45, 2.75) is 19.4 Å². The highest BCUT2D eigenvalue weighted by molar-refractivity contribution is 5.22. The van der Waals surface area contributed by atoms with Crippen LogP contribution in [0.5, 0.6) is 0 Å². The topological polar surface area (TPSA) is 12.0 Å². The van der Waals surface area contributed by atoms with Gasteiger partial charge in [-0.15, -0.1) is 0 Å². The Morgan fingerprint density at radius 3 is 2.50 bits per heavy atom. The Morgan fingerprint density at radius 2 is 1.75 bits per heavy atom. The average Bonchev–Trinajstić information content (AvgIpc) is 2.43. The van der Waals surface area contributed by atoms with Gasteiger partial charge in [-0.3, -0.25) is 0 Å². The van der Waals surface area contributed by atoms with Gasteiger partial charge in [-0.25, -0.2) is 13.2 Å². The molecular formula is C16H16F3N. The van der Waals surface area contributed by atoms with E-state index in [0.29, 0.717) is 18.5 Å². The molecule has 0 bridgehead atoms. The van der Waals surface area contributed by atoms with Crippen molar-refractivity contribution in [2.75, 3.05) is 6.54 Å². The third-order valence-electron chi connectivity index (χ3n) is 3.23. The van der Waals surface area contributed by atoms with E-state index >= 15 is 0 Å². The smallest absolute Gasteiger partial charge is 0.128 e. The number of hydrogen-bond donors (Lipinski definition) is 1. The number of nitrogens with one attached hydrogen (secondary N) is 1. The molecule has 1 nitrogen and oxygen atoms in total. The fraction of sp³-hybridized carbons (Fsp3) is 0.250. The first-order valence-corrected chi connectivity index (χ1v) is 6.49. The van der Waals surface area contributed by atoms with Gasteiger partial charge in [0.05, 0.1) is 0 Å². The molecule has 0 aromatic heterocycles. The molecule has 0 aliphatic rings. The molecule has 4 heteroatoms. The Labute approximate surface area is 116 Å². The second-order valence-corrected chi connectivity index (χ2v) is 4.68. The van der Waals surface area contributed by atoms with Crippen molar-refractivity contribution in [3.8, 4) is 0 Å². The van der Waals surface area contributed by atoms with E-state index < -0.39 is 11.6 Å². The monoisotopic (exact) mass is 279 g/mol. The van der Waals surface area contributed by atoms with Gasteiger partial charge in [0.2, 0.25) is 0 Å². The van der Waals surface area contributed by atoms with Crippen molar-refractivity contribution in [1.82, 2.24) is 5.32 Å². The molecule has 2 aromatic rings. The summed E-state index contributed by atoms with van der Waals surface area (Å²) in [6, 6.07) is 9.57. The molecule has 0 heterocycles. The van der Waals surface area contributed by atoms with Gasteiger partial charge >= 0.3 is 0 Å². The summed E-state index contributed by atoms with van der Waals surface area (Å²) in [5, 5.41) is 3.07. The van der Waals surface area contributed by atoms with Gasteiger partial charge in [0.15, 0.2) is 0 Å². The standard InChI is InChI=1S/C16H16F3N/c1-11(14-10-13(17)6-7-16(14)19)20-9-8-12-4-2-3-5-15(12)18/h2-7,10-11,20H,8-9H2,1H3. The van der Waals surface area contributed by atoms with E-state index in [2.05, 4.69) is 5.32 Å². The average molecular weight is 279 g/mol. The van der Waals surface area contributed by atoms with Crippen LogP contribution in [0.25, 0.3) is 0 Å². The second kappa shape index (κ2) is 6.57. The molecule has 106 valence electrons. The maximum atomic E-state index is 13.6. The predicted molar refractivity (Wildman–Crippen MR) is 72.9 cm³/mol. The highest BCUT2D eigenvalue weighted by Crippen LogP contribution is 2.18. The van der Waals surface area contributed by atoms with E-state index in [1.54, 1.807) is 25.1 Å². The molecular weight excluding hydrogens is 263 g/mol. The van der Waals surface area contributed by atoms with Crippen molar-refractivity contribution < 1.29 is 13.2 Å². The Hall–Kier alpha value is -1.81. The van der Waals surface area contributed by atoms with Crippen molar-refractivity contribution in [3.05, 3.63) is 71.0 Å². The van der Waals surface area contributed by atoms with Gasteiger partial charge in [0, 0.05) is 11.6 Å². The molecule has 0 radical (unpaired) electrons. The molecule has 2 rings (SSSR count). The van der Waals surface area contributed by atoms with Gasteiger partial charge in [0.1, 0.15) is 17.5 Å². The van der Waals surface area contributed by atoms with Crippen molar-refractivity contribution in [1.29, 1.82) is 0 Å². The summed E-state index contributed by atoms with van der Waals surface area (Å²) in [4.78, 5) is 0. The molecule has 1 N–H and O–H groups in total. The lowest BCUT2D eigenvalue weighted by Gasteiger charge is -2.15. The van der Waals surface area contributed by atoms with E-state index in [1.807, 2.05) is 0 Å². The van der Waals surface area contributed by atoms with Crippen LogP contribution in [0.1, 0.15) is 24.1 Å². The zero-order valence-corrected chi connectivity index (χ0v) is 11.2. The Kier molecular flexibility index (Phi) is 4.79. The summed E-state index contributed by atoms with van der Waals surface area (Å²) in [5.41, 5.74) is 0.880. The van der Waals surface area contributed by atoms with Crippen LogP contribution in [0.15, 0.2) is 42.5 Å².